The average Bonchev–Trinajstić information content (AvgIpc) is 2.19. The standard InChI is InChI=1S/C10H14.C2H6N2O.H2O/c1-10(2,3)9-7-5-4-6-8-9;1-2(5)4-3;/h4-8H,1-3H3;3H2,1H3,(H,4,5);1H2. The summed E-state index contributed by atoms with van der Waals surface area (Å²) in [5.41, 5.74) is 3.58. The summed E-state index contributed by atoms with van der Waals surface area (Å²) in [5.74, 6) is 4.35. The van der Waals surface area contributed by atoms with Gasteiger partial charge in [-0.05, 0) is 11.0 Å². The lowest BCUT2D eigenvalue weighted by atomic mass is 9.87. The Hall–Kier alpha value is -1.39. The van der Waals surface area contributed by atoms with Gasteiger partial charge in [0.05, 0.1) is 0 Å². The zero-order chi connectivity index (χ0) is 11.9. The predicted molar refractivity (Wildman–Crippen MR) is 66.8 cm³/mol. The third-order valence-electron chi connectivity index (χ3n) is 1.84. The highest BCUT2D eigenvalue weighted by Crippen LogP contribution is 2.20. The first kappa shape index (κ1) is 17.0. The van der Waals surface area contributed by atoms with Crippen LogP contribution in [0, 0.1) is 0 Å². The number of hydrogen-bond acceptors (Lipinski definition) is 2. The highest BCUT2D eigenvalue weighted by atomic mass is 16.2. The van der Waals surface area contributed by atoms with Gasteiger partial charge in [-0.15, -0.1) is 0 Å². The highest BCUT2D eigenvalue weighted by Gasteiger charge is 2.11. The molecule has 1 amide bonds. The molecule has 0 radical (unpaired) electrons. The Morgan fingerprint density at radius 1 is 1.19 bits per heavy atom. The quantitative estimate of drug-likeness (QED) is 0.395. The van der Waals surface area contributed by atoms with Gasteiger partial charge in [-0.3, -0.25) is 10.2 Å². The van der Waals surface area contributed by atoms with E-state index in [-0.39, 0.29) is 11.4 Å². The van der Waals surface area contributed by atoms with Crippen LogP contribution in [0.4, 0.5) is 0 Å². The third-order valence-corrected chi connectivity index (χ3v) is 1.84. The van der Waals surface area contributed by atoms with Gasteiger partial charge in [0.2, 0.25) is 5.91 Å². The number of carbonyl (C=O) groups excluding carboxylic acids is 1. The fourth-order valence-electron chi connectivity index (χ4n) is 0.938. The van der Waals surface area contributed by atoms with Crippen LogP contribution >= 0.6 is 0 Å². The van der Waals surface area contributed by atoms with Crippen LogP contribution in [-0.2, 0) is 10.2 Å². The fourth-order valence-corrected chi connectivity index (χ4v) is 0.938. The number of nitrogens with two attached hydrogens (primary N) is 1. The van der Waals surface area contributed by atoms with E-state index in [2.05, 4.69) is 56.9 Å². The second-order valence-corrected chi connectivity index (χ2v) is 4.32. The molecular formula is C12H22N2O2. The number of benzene rings is 1. The molecule has 16 heavy (non-hydrogen) atoms. The molecule has 1 aromatic rings. The largest absolute Gasteiger partial charge is 0.412 e. The smallest absolute Gasteiger partial charge is 0.230 e. The molecule has 0 aliphatic carbocycles. The first-order valence-corrected chi connectivity index (χ1v) is 4.90. The van der Waals surface area contributed by atoms with Crippen molar-refractivity contribution in [3.63, 3.8) is 0 Å². The summed E-state index contributed by atoms with van der Waals surface area (Å²) < 4.78 is 0. The molecule has 1 rings (SSSR count). The molecule has 0 heterocycles. The van der Waals surface area contributed by atoms with Crippen LogP contribution < -0.4 is 11.3 Å². The van der Waals surface area contributed by atoms with E-state index in [1.54, 1.807) is 0 Å². The lowest BCUT2D eigenvalue weighted by molar-refractivity contribution is -0.119. The van der Waals surface area contributed by atoms with Crippen LogP contribution in [-0.4, -0.2) is 11.4 Å². The van der Waals surface area contributed by atoms with Gasteiger partial charge >= 0.3 is 0 Å². The minimum Gasteiger partial charge on any atom is -0.412 e. The number of hydrogen-bond donors (Lipinski definition) is 2. The fraction of sp³-hybridized carbons (Fsp3) is 0.417. The number of nitrogens with one attached hydrogen (secondary N) is 1. The Bertz CT molecular complexity index is 292. The number of hydrazine groups is 1. The van der Waals surface area contributed by atoms with Gasteiger partial charge < -0.3 is 5.48 Å². The summed E-state index contributed by atoms with van der Waals surface area (Å²) in [4.78, 5) is 9.58. The molecule has 4 nitrogen and oxygen atoms in total. The molecule has 0 aliphatic heterocycles. The summed E-state index contributed by atoms with van der Waals surface area (Å²) in [7, 11) is 0. The summed E-state index contributed by atoms with van der Waals surface area (Å²) in [5, 5.41) is 0. The molecule has 0 aliphatic rings. The second kappa shape index (κ2) is 7.84. The van der Waals surface area contributed by atoms with Gasteiger partial charge in [-0.25, -0.2) is 5.84 Å². The number of rotatable bonds is 0. The van der Waals surface area contributed by atoms with E-state index < -0.39 is 0 Å². The van der Waals surface area contributed by atoms with E-state index in [0.717, 1.165) is 0 Å². The Morgan fingerprint density at radius 2 is 1.56 bits per heavy atom. The first-order valence-electron chi connectivity index (χ1n) is 4.90. The molecule has 0 spiro atoms. The summed E-state index contributed by atoms with van der Waals surface area (Å²) >= 11 is 0. The Balaban J connectivity index is 0. The van der Waals surface area contributed by atoms with Crippen molar-refractivity contribution >= 4 is 5.91 Å². The topological polar surface area (TPSA) is 86.6 Å². The molecule has 0 fully saturated rings. The SMILES string of the molecule is CC(=O)NN.CC(C)(C)c1ccccc1.O. The molecule has 5 N–H and O–H groups in total. The van der Waals surface area contributed by atoms with E-state index in [0.29, 0.717) is 5.41 Å². The molecule has 0 unspecified atom stereocenters. The van der Waals surface area contributed by atoms with Crippen molar-refractivity contribution in [3.05, 3.63) is 35.9 Å². The Kier molecular flexibility index (Phi) is 8.34. The summed E-state index contributed by atoms with van der Waals surface area (Å²) in [6.45, 7) is 8.02. The van der Waals surface area contributed by atoms with Crippen LogP contribution in [0.1, 0.15) is 33.3 Å². The maximum atomic E-state index is 9.58. The van der Waals surface area contributed by atoms with Crippen LogP contribution in [0.3, 0.4) is 0 Å². The lowest BCUT2D eigenvalue weighted by Gasteiger charge is -2.18. The minimum absolute atomic E-state index is 0. The maximum Gasteiger partial charge on any atom is 0.230 e. The van der Waals surface area contributed by atoms with E-state index in [1.807, 2.05) is 5.43 Å². The zero-order valence-corrected chi connectivity index (χ0v) is 10.4. The molecule has 0 saturated carbocycles. The van der Waals surface area contributed by atoms with Crippen molar-refractivity contribution in [1.82, 2.24) is 5.43 Å². The van der Waals surface area contributed by atoms with Gasteiger partial charge in [-0.1, -0.05) is 51.1 Å². The molecule has 0 saturated heterocycles. The van der Waals surface area contributed by atoms with Gasteiger partial charge in [-0.2, -0.15) is 0 Å². The third kappa shape index (κ3) is 7.96. The normalized spacial score (nSPS) is 9.31. The summed E-state index contributed by atoms with van der Waals surface area (Å²) in [6, 6.07) is 10.6. The highest BCUT2D eigenvalue weighted by molar-refractivity contribution is 5.71. The molecule has 0 aromatic heterocycles. The van der Waals surface area contributed by atoms with Crippen LogP contribution in [0.25, 0.3) is 0 Å². The van der Waals surface area contributed by atoms with Crippen molar-refractivity contribution in [1.29, 1.82) is 0 Å². The Labute approximate surface area is 97.1 Å². The summed E-state index contributed by atoms with van der Waals surface area (Å²) in [6.07, 6.45) is 0. The molecular weight excluding hydrogens is 204 g/mol. The van der Waals surface area contributed by atoms with E-state index in [1.165, 1.54) is 12.5 Å². The predicted octanol–water partition coefficient (Wildman–Crippen LogP) is 1.16. The zero-order valence-electron chi connectivity index (χ0n) is 10.4. The van der Waals surface area contributed by atoms with Crippen LogP contribution in [0.5, 0.6) is 0 Å². The van der Waals surface area contributed by atoms with Crippen molar-refractivity contribution < 1.29 is 10.3 Å². The molecule has 92 valence electrons. The van der Waals surface area contributed by atoms with E-state index in [9.17, 15) is 4.79 Å². The van der Waals surface area contributed by atoms with Crippen molar-refractivity contribution in [3.8, 4) is 0 Å². The molecule has 4 heteroatoms. The number of carbonyl (C=O) groups is 1. The lowest BCUT2D eigenvalue weighted by Crippen LogP contribution is -2.26. The maximum absolute atomic E-state index is 9.58. The van der Waals surface area contributed by atoms with Gasteiger partial charge in [0.15, 0.2) is 0 Å². The van der Waals surface area contributed by atoms with Gasteiger partial charge in [0.25, 0.3) is 0 Å². The molecule has 1 aromatic carbocycles. The minimum atomic E-state index is -0.218. The van der Waals surface area contributed by atoms with E-state index in [4.69, 9.17) is 0 Å². The monoisotopic (exact) mass is 226 g/mol. The number of amides is 1. The van der Waals surface area contributed by atoms with Crippen LogP contribution in [0.15, 0.2) is 30.3 Å². The van der Waals surface area contributed by atoms with E-state index >= 15 is 0 Å². The van der Waals surface area contributed by atoms with Crippen molar-refractivity contribution in [2.45, 2.75) is 33.1 Å². The van der Waals surface area contributed by atoms with Gasteiger partial charge in [0.1, 0.15) is 0 Å². The second-order valence-electron chi connectivity index (χ2n) is 4.32. The first-order chi connectivity index (χ1) is 6.88. The Morgan fingerprint density at radius 3 is 1.75 bits per heavy atom. The van der Waals surface area contributed by atoms with Crippen molar-refractivity contribution in [2.75, 3.05) is 0 Å². The van der Waals surface area contributed by atoms with Crippen molar-refractivity contribution in [2.24, 2.45) is 5.84 Å². The average molecular weight is 226 g/mol. The van der Waals surface area contributed by atoms with Gasteiger partial charge in [0, 0.05) is 6.92 Å². The molecule has 0 atom stereocenters. The molecule has 0 bridgehead atoms. The van der Waals surface area contributed by atoms with Crippen LogP contribution in [0.2, 0.25) is 0 Å².